The van der Waals surface area contributed by atoms with E-state index in [1.807, 2.05) is 0 Å². The number of nitrogens with one attached hydrogen (secondary N) is 1. The smallest absolute Gasteiger partial charge is 0.240 e. The summed E-state index contributed by atoms with van der Waals surface area (Å²) >= 11 is 0. The normalized spacial score (nSPS) is 20.3. The maximum absolute atomic E-state index is 12.2. The van der Waals surface area contributed by atoms with E-state index in [0.717, 1.165) is 25.7 Å². The van der Waals surface area contributed by atoms with Gasteiger partial charge in [0.15, 0.2) is 5.96 Å². The third-order valence-electron chi connectivity index (χ3n) is 4.11. The summed E-state index contributed by atoms with van der Waals surface area (Å²) in [7, 11) is -3.40. The summed E-state index contributed by atoms with van der Waals surface area (Å²) in [5.74, 6) is 1.02. The van der Waals surface area contributed by atoms with Crippen molar-refractivity contribution in [3.63, 3.8) is 0 Å². The molecule has 24 heavy (non-hydrogen) atoms. The zero-order valence-corrected chi connectivity index (χ0v) is 15.9. The van der Waals surface area contributed by atoms with Gasteiger partial charge < -0.3 is 11.5 Å². The molecule has 2 rings (SSSR count). The van der Waals surface area contributed by atoms with E-state index in [-0.39, 0.29) is 30.8 Å². The molecule has 0 heterocycles. The predicted octanol–water partition coefficient (Wildman–Crippen LogP) is 1.89. The first-order valence-corrected chi connectivity index (χ1v) is 9.06. The van der Waals surface area contributed by atoms with Crippen LogP contribution in [0.1, 0.15) is 25.7 Å². The van der Waals surface area contributed by atoms with Crippen molar-refractivity contribution < 1.29 is 8.42 Å². The number of sulfonamides is 1. The SMILES string of the molecule is Cl.Cl.NC(N)=NCC1CCC(CNS(=O)(=O)c2ccccc2)CC1. The van der Waals surface area contributed by atoms with Gasteiger partial charge in [-0.2, -0.15) is 0 Å². The van der Waals surface area contributed by atoms with Crippen molar-refractivity contribution in [2.45, 2.75) is 30.6 Å². The van der Waals surface area contributed by atoms with Gasteiger partial charge in [-0.1, -0.05) is 18.2 Å². The van der Waals surface area contributed by atoms with Crippen LogP contribution in [0, 0.1) is 11.8 Å². The van der Waals surface area contributed by atoms with Gasteiger partial charge in [-0.3, -0.25) is 4.99 Å². The molecule has 0 atom stereocenters. The van der Waals surface area contributed by atoms with E-state index in [2.05, 4.69) is 9.71 Å². The quantitative estimate of drug-likeness (QED) is 0.503. The van der Waals surface area contributed by atoms with Gasteiger partial charge in [0.05, 0.1) is 4.90 Å². The summed E-state index contributed by atoms with van der Waals surface area (Å²) in [6.07, 6.45) is 4.08. The first-order valence-electron chi connectivity index (χ1n) is 7.57. The maximum atomic E-state index is 12.2. The van der Waals surface area contributed by atoms with E-state index in [4.69, 9.17) is 11.5 Å². The van der Waals surface area contributed by atoms with Crippen LogP contribution in [0.15, 0.2) is 40.2 Å². The van der Waals surface area contributed by atoms with Crippen molar-refractivity contribution in [1.82, 2.24) is 4.72 Å². The molecule has 1 saturated carbocycles. The molecule has 1 aliphatic rings. The molecule has 138 valence electrons. The van der Waals surface area contributed by atoms with Crippen LogP contribution in [-0.4, -0.2) is 27.5 Å². The maximum Gasteiger partial charge on any atom is 0.240 e. The minimum atomic E-state index is -3.40. The number of rotatable bonds is 6. The van der Waals surface area contributed by atoms with E-state index in [0.29, 0.717) is 29.8 Å². The highest BCUT2D eigenvalue weighted by Gasteiger charge is 2.23. The molecule has 5 N–H and O–H groups in total. The monoisotopic (exact) mass is 396 g/mol. The second-order valence-electron chi connectivity index (χ2n) is 5.82. The number of nitrogens with zero attached hydrogens (tertiary/aromatic N) is 1. The summed E-state index contributed by atoms with van der Waals surface area (Å²) < 4.78 is 27.0. The molecule has 0 radical (unpaired) electrons. The zero-order chi connectivity index (χ0) is 16.0. The summed E-state index contributed by atoms with van der Waals surface area (Å²) in [5, 5.41) is 0. The Morgan fingerprint density at radius 1 is 1.04 bits per heavy atom. The van der Waals surface area contributed by atoms with Crippen LogP contribution in [0.25, 0.3) is 0 Å². The lowest BCUT2D eigenvalue weighted by atomic mass is 9.82. The fraction of sp³-hybridized carbons (Fsp3) is 0.533. The molecule has 0 amide bonds. The van der Waals surface area contributed by atoms with Crippen molar-refractivity contribution >= 4 is 40.8 Å². The summed E-state index contributed by atoms with van der Waals surface area (Å²) in [5.41, 5.74) is 10.7. The Balaban J connectivity index is 0.00000264. The van der Waals surface area contributed by atoms with E-state index < -0.39 is 10.0 Å². The molecule has 0 unspecified atom stereocenters. The molecular weight excluding hydrogens is 371 g/mol. The average molecular weight is 397 g/mol. The van der Waals surface area contributed by atoms with Crippen molar-refractivity contribution in [2.24, 2.45) is 28.3 Å². The second kappa shape index (κ2) is 10.8. The van der Waals surface area contributed by atoms with E-state index >= 15 is 0 Å². The highest BCUT2D eigenvalue weighted by atomic mass is 35.5. The summed E-state index contributed by atoms with van der Waals surface area (Å²) in [6, 6.07) is 8.46. The average Bonchev–Trinajstić information content (AvgIpc) is 2.53. The van der Waals surface area contributed by atoms with E-state index in [1.54, 1.807) is 30.3 Å². The zero-order valence-electron chi connectivity index (χ0n) is 13.4. The van der Waals surface area contributed by atoms with Crippen LogP contribution in [0.2, 0.25) is 0 Å². The first-order chi connectivity index (χ1) is 10.5. The Hall–Kier alpha value is -1.02. The second-order valence-corrected chi connectivity index (χ2v) is 7.58. The van der Waals surface area contributed by atoms with Crippen molar-refractivity contribution in [3.05, 3.63) is 30.3 Å². The number of aliphatic imine (C=N–C) groups is 1. The Labute approximate surface area is 156 Å². The molecule has 1 fully saturated rings. The third-order valence-corrected chi connectivity index (χ3v) is 5.55. The molecule has 1 aromatic rings. The van der Waals surface area contributed by atoms with Gasteiger partial charge in [-0.05, 0) is 49.7 Å². The topological polar surface area (TPSA) is 111 Å². The van der Waals surface area contributed by atoms with E-state index in [9.17, 15) is 8.42 Å². The number of hydrogen-bond donors (Lipinski definition) is 3. The van der Waals surface area contributed by atoms with Crippen LogP contribution >= 0.6 is 24.8 Å². The first kappa shape index (κ1) is 23.0. The van der Waals surface area contributed by atoms with Crippen molar-refractivity contribution in [2.75, 3.05) is 13.1 Å². The fourth-order valence-electron chi connectivity index (χ4n) is 2.76. The van der Waals surface area contributed by atoms with Gasteiger partial charge in [0, 0.05) is 13.1 Å². The number of hydrogen-bond acceptors (Lipinski definition) is 3. The number of benzene rings is 1. The standard InChI is InChI=1S/C15H24N4O2S.2ClH/c16-15(17)18-10-12-6-8-13(9-7-12)11-19-22(20,21)14-4-2-1-3-5-14;;/h1-5,12-13,19H,6-11H2,(H4,16,17,18);2*1H. The van der Waals surface area contributed by atoms with Gasteiger partial charge in [0.1, 0.15) is 0 Å². The molecule has 0 saturated heterocycles. The molecule has 6 nitrogen and oxygen atoms in total. The number of nitrogens with two attached hydrogens (primary N) is 2. The molecule has 0 aromatic heterocycles. The lowest BCUT2D eigenvalue weighted by molar-refractivity contribution is 0.280. The Morgan fingerprint density at radius 3 is 2.12 bits per heavy atom. The Kier molecular flexibility index (Phi) is 10.3. The highest BCUT2D eigenvalue weighted by molar-refractivity contribution is 7.89. The van der Waals surface area contributed by atoms with Crippen LogP contribution in [0.5, 0.6) is 0 Å². The molecular formula is C15H26Cl2N4O2S. The Morgan fingerprint density at radius 2 is 1.58 bits per heavy atom. The largest absolute Gasteiger partial charge is 0.370 e. The molecule has 1 aliphatic carbocycles. The summed E-state index contributed by atoms with van der Waals surface area (Å²) in [4.78, 5) is 4.38. The van der Waals surface area contributed by atoms with Crippen LogP contribution in [0.3, 0.4) is 0 Å². The minimum absolute atomic E-state index is 0. The van der Waals surface area contributed by atoms with Crippen molar-refractivity contribution in [1.29, 1.82) is 0 Å². The van der Waals surface area contributed by atoms with Gasteiger partial charge in [0.25, 0.3) is 0 Å². The number of halogens is 2. The van der Waals surface area contributed by atoms with Gasteiger partial charge in [-0.15, -0.1) is 24.8 Å². The number of guanidine groups is 1. The van der Waals surface area contributed by atoms with Gasteiger partial charge in [-0.25, -0.2) is 13.1 Å². The van der Waals surface area contributed by atoms with Gasteiger partial charge in [0.2, 0.25) is 10.0 Å². The van der Waals surface area contributed by atoms with Crippen molar-refractivity contribution in [3.8, 4) is 0 Å². The minimum Gasteiger partial charge on any atom is -0.370 e. The Bertz CT molecular complexity index is 599. The molecule has 9 heteroatoms. The van der Waals surface area contributed by atoms with Crippen LogP contribution in [-0.2, 0) is 10.0 Å². The third kappa shape index (κ3) is 7.25. The molecule has 0 aliphatic heterocycles. The van der Waals surface area contributed by atoms with Crippen LogP contribution in [0.4, 0.5) is 0 Å². The molecule has 1 aromatic carbocycles. The lowest BCUT2D eigenvalue weighted by Crippen LogP contribution is -2.32. The fourth-order valence-corrected chi connectivity index (χ4v) is 3.90. The van der Waals surface area contributed by atoms with Gasteiger partial charge >= 0.3 is 0 Å². The predicted molar refractivity (Wildman–Crippen MR) is 102 cm³/mol. The summed E-state index contributed by atoms with van der Waals surface area (Å²) in [6.45, 7) is 1.16. The van der Waals surface area contributed by atoms with Crippen LogP contribution < -0.4 is 16.2 Å². The molecule has 0 bridgehead atoms. The van der Waals surface area contributed by atoms with E-state index in [1.165, 1.54) is 0 Å². The lowest BCUT2D eigenvalue weighted by Gasteiger charge is -2.27. The molecule has 0 spiro atoms. The highest BCUT2D eigenvalue weighted by Crippen LogP contribution is 2.28.